The van der Waals surface area contributed by atoms with Crippen molar-refractivity contribution in [3.8, 4) is 0 Å². The van der Waals surface area contributed by atoms with E-state index in [4.69, 9.17) is 14.2 Å². The van der Waals surface area contributed by atoms with Crippen LogP contribution in [0, 0.1) is 0 Å². The number of ether oxygens (including phenoxy) is 3. The highest BCUT2D eigenvalue weighted by molar-refractivity contribution is 5.71. The van der Waals surface area contributed by atoms with Crippen LogP contribution in [0.25, 0.3) is 0 Å². The second-order valence-corrected chi connectivity index (χ2v) is 23.4. The molecular formula is C72H132O6. The molecule has 0 fully saturated rings. The van der Waals surface area contributed by atoms with Crippen molar-refractivity contribution >= 4 is 17.9 Å². The first-order valence-corrected chi connectivity index (χ1v) is 34.6. The lowest BCUT2D eigenvalue weighted by atomic mass is 10.0. The number of rotatable bonds is 64. The van der Waals surface area contributed by atoms with Crippen LogP contribution in [-0.2, 0) is 28.6 Å². The summed E-state index contributed by atoms with van der Waals surface area (Å²) in [5.74, 6) is -0.856. The first-order valence-electron chi connectivity index (χ1n) is 34.6. The molecule has 0 aromatic heterocycles. The first-order chi connectivity index (χ1) is 38.5. The van der Waals surface area contributed by atoms with E-state index in [9.17, 15) is 14.4 Å². The maximum atomic E-state index is 12.9. The highest BCUT2D eigenvalue weighted by Crippen LogP contribution is 2.19. The summed E-state index contributed by atoms with van der Waals surface area (Å²) >= 11 is 0. The number of hydrogen-bond acceptors (Lipinski definition) is 6. The van der Waals surface area contributed by atoms with Crippen LogP contribution in [-0.4, -0.2) is 37.2 Å². The quantitative estimate of drug-likeness (QED) is 0.0261. The lowest BCUT2D eigenvalue weighted by Gasteiger charge is -2.18. The van der Waals surface area contributed by atoms with Crippen molar-refractivity contribution in [3.05, 3.63) is 48.6 Å². The Morgan fingerprint density at radius 1 is 0.269 bits per heavy atom. The molecule has 0 aliphatic rings. The Morgan fingerprint density at radius 2 is 0.500 bits per heavy atom. The Morgan fingerprint density at radius 3 is 0.782 bits per heavy atom. The molecule has 0 bridgehead atoms. The van der Waals surface area contributed by atoms with Crippen molar-refractivity contribution in [1.82, 2.24) is 0 Å². The summed E-state index contributed by atoms with van der Waals surface area (Å²) in [6.45, 7) is 6.56. The largest absolute Gasteiger partial charge is 0.462 e. The van der Waals surface area contributed by atoms with Crippen LogP contribution in [0.2, 0.25) is 0 Å². The molecule has 0 aliphatic carbocycles. The summed E-state index contributed by atoms with van der Waals surface area (Å²) in [6.07, 6.45) is 84.5. The van der Waals surface area contributed by atoms with Gasteiger partial charge in [0.2, 0.25) is 0 Å². The second kappa shape index (κ2) is 66.9. The first kappa shape index (κ1) is 75.4. The number of carbonyl (C=O) groups excluding carboxylic acids is 3. The summed E-state index contributed by atoms with van der Waals surface area (Å²) in [5, 5.41) is 0. The molecule has 78 heavy (non-hydrogen) atoms. The Balaban J connectivity index is 4.07. The minimum atomic E-state index is -0.772. The van der Waals surface area contributed by atoms with E-state index >= 15 is 0 Å². The highest BCUT2D eigenvalue weighted by Gasteiger charge is 2.19. The van der Waals surface area contributed by atoms with Crippen molar-refractivity contribution in [2.75, 3.05) is 13.2 Å². The Kier molecular flexibility index (Phi) is 64.6. The van der Waals surface area contributed by atoms with Crippen LogP contribution in [0.5, 0.6) is 0 Å². The van der Waals surface area contributed by atoms with Crippen LogP contribution in [0.1, 0.15) is 374 Å². The summed E-state index contributed by atoms with van der Waals surface area (Å²) in [7, 11) is 0. The Labute approximate surface area is 486 Å². The maximum absolute atomic E-state index is 12.9. The Hall–Kier alpha value is -2.63. The van der Waals surface area contributed by atoms with E-state index in [0.717, 1.165) is 83.5 Å². The van der Waals surface area contributed by atoms with E-state index < -0.39 is 6.10 Å². The minimum Gasteiger partial charge on any atom is -0.462 e. The number of hydrogen-bond donors (Lipinski definition) is 0. The molecular weight excluding hydrogens is 961 g/mol. The van der Waals surface area contributed by atoms with Gasteiger partial charge in [0.15, 0.2) is 6.10 Å². The van der Waals surface area contributed by atoms with Crippen LogP contribution in [0.3, 0.4) is 0 Å². The van der Waals surface area contributed by atoms with Gasteiger partial charge in [0.25, 0.3) is 0 Å². The molecule has 0 aromatic carbocycles. The molecule has 6 nitrogen and oxygen atoms in total. The molecule has 0 radical (unpaired) electrons. The van der Waals surface area contributed by atoms with Gasteiger partial charge in [-0.3, -0.25) is 14.4 Å². The zero-order valence-corrected chi connectivity index (χ0v) is 52.5. The summed E-state index contributed by atoms with van der Waals surface area (Å²) in [4.78, 5) is 38.2. The average Bonchev–Trinajstić information content (AvgIpc) is 3.44. The van der Waals surface area contributed by atoms with Crippen LogP contribution in [0.4, 0.5) is 0 Å². The standard InChI is InChI=1S/C72H132O6/c1-4-7-10-13-16-19-21-23-25-27-29-31-33-34-35-36-37-38-40-41-43-45-47-49-51-53-56-59-62-65-71(74)77-68-69(67-76-70(73)64-61-58-55-18-15-12-9-6-3)78-72(75)66-63-60-57-54-52-50-48-46-44-42-39-32-30-28-26-24-22-20-17-14-11-8-5-2/h8,11,17,20,24,26,30,32,69H,4-7,9-10,12-16,18-19,21-23,25,27-29,31,33-68H2,1-3H3/b11-8-,20-17-,26-24-,32-30-. The van der Waals surface area contributed by atoms with E-state index in [-0.39, 0.29) is 31.1 Å². The van der Waals surface area contributed by atoms with E-state index in [1.165, 1.54) is 250 Å². The number of unbranched alkanes of at least 4 members (excludes halogenated alkanes) is 45. The molecule has 0 aromatic rings. The highest BCUT2D eigenvalue weighted by atomic mass is 16.6. The van der Waals surface area contributed by atoms with E-state index in [2.05, 4.69) is 69.4 Å². The van der Waals surface area contributed by atoms with Gasteiger partial charge in [-0.1, -0.05) is 345 Å². The third-order valence-electron chi connectivity index (χ3n) is 15.6. The molecule has 456 valence electrons. The van der Waals surface area contributed by atoms with Crippen molar-refractivity contribution in [1.29, 1.82) is 0 Å². The van der Waals surface area contributed by atoms with Gasteiger partial charge < -0.3 is 14.2 Å². The molecule has 0 amide bonds. The third kappa shape index (κ3) is 64.2. The zero-order chi connectivity index (χ0) is 56.4. The molecule has 0 saturated heterocycles. The van der Waals surface area contributed by atoms with Gasteiger partial charge in [-0.15, -0.1) is 0 Å². The molecule has 1 atom stereocenters. The molecule has 0 N–H and O–H groups in total. The zero-order valence-electron chi connectivity index (χ0n) is 52.5. The third-order valence-corrected chi connectivity index (χ3v) is 15.6. The van der Waals surface area contributed by atoms with E-state index in [0.29, 0.717) is 19.3 Å². The molecule has 0 saturated carbocycles. The van der Waals surface area contributed by atoms with Gasteiger partial charge in [0, 0.05) is 19.3 Å². The Bertz CT molecular complexity index is 1350. The lowest BCUT2D eigenvalue weighted by molar-refractivity contribution is -0.167. The van der Waals surface area contributed by atoms with Gasteiger partial charge in [-0.25, -0.2) is 0 Å². The average molecular weight is 1090 g/mol. The van der Waals surface area contributed by atoms with Crippen molar-refractivity contribution in [2.24, 2.45) is 0 Å². The fourth-order valence-corrected chi connectivity index (χ4v) is 10.4. The SMILES string of the molecule is CC/C=C\C/C=C\C/C=C\C/C=C\CCCCCCCCCCCCC(=O)OC(COC(=O)CCCCCCCCCC)COC(=O)CCCCCCCCCCCCCCCCCCCCCCCCCCCCCCC. The molecule has 1 unspecified atom stereocenters. The van der Waals surface area contributed by atoms with Crippen LogP contribution < -0.4 is 0 Å². The monoisotopic (exact) mass is 1090 g/mol. The smallest absolute Gasteiger partial charge is 0.306 e. The van der Waals surface area contributed by atoms with Gasteiger partial charge in [-0.05, 0) is 57.8 Å². The number of carbonyl (C=O) groups is 3. The number of allylic oxidation sites excluding steroid dienone is 8. The fraction of sp³-hybridized carbons (Fsp3) is 0.847. The summed E-state index contributed by atoms with van der Waals surface area (Å²) in [5.41, 5.74) is 0. The van der Waals surface area contributed by atoms with Crippen molar-refractivity contribution in [3.63, 3.8) is 0 Å². The van der Waals surface area contributed by atoms with E-state index in [1.807, 2.05) is 0 Å². The minimum absolute atomic E-state index is 0.0698. The summed E-state index contributed by atoms with van der Waals surface area (Å²) in [6, 6.07) is 0. The molecule has 0 spiro atoms. The molecule has 6 heteroatoms. The lowest BCUT2D eigenvalue weighted by Crippen LogP contribution is -2.30. The molecule has 0 rings (SSSR count). The van der Waals surface area contributed by atoms with Gasteiger partial charge in [0.1, 0.15) is 13.2 Å². The van der Waals surface area contributed by atoms with Gasteiger partial charge >= 0.3 is 17.9 Å². The topological polar surface area (TPSA) is 78.9 Å². The maximum Gasteiger partial charge on any atom is 0.306 e. The van der Waals surface area contributed by atoms with Gasteiger partial charge in [0.05, 0.1) is 0 Å². The summed E-state index contributed by atoms with van der Waals surface area (Å²) < 4.78 is 16.9. The normalized spacial score (nSPS) is 12.3. The van der Waals surface area contributed by atoms with Gasteiger partial charge in [-0.2, -0.15) is 0 Å². The second-order valence-electron chi connectivity index (χ2n) is 23.4. The van der Waals surface area contributed by atoms with Crippen molar-refractivity contribution < 1.29 is 28.6 Å². The fourth-order valence-electron chi connectivity index (χ4n) is 10.4. The predicted octanol–water partition coefficient (Wildman–Crippen LogP) is 23.7. The number of esters is 3. The van der Waals surface area contributed by atoms with E-state index in [1.54, 1.807) is 0 Å². The van der Waals surface area contributed by atoms with Crippen LogP contribution in [0.15, 0.2) is 48.6 Å². The van der Waals surface area contributed by atoms with Crippen molar-refractivity contribution in [2.45, 2.75) is 380 Å². The molecule has 0 heterocycles. The van der Waals surface area contributed by atoms with Crippen LogP contribution >= 0.6 is 0 Å². The molecule has 0 aliphatic heterocycles. The predicted molar refractivity (Wildman–Crippen MR) is 339 cm³/mol.